The summed E-state index contributed by atoms with van der Waals surface area (Å²) in [6, 6.07) is 14.3. The summed E-state index contributed by atoms with van der Waals surface area (Å²) < 4.78 is 30.0. The van der Waals surface area contributed by atoms with E-state index >= 15 is 0 Å². The fourth-order valence-corrected chi connectivity index (χ4v) is 4.49. The zero-order valence-electron chi connectivity index (χ0n) is 20.5. The van der Waals surface area contributed by atoms with E-state index in [1.807, 2.05) is 6.92 Å². The third-order valence-corrected chi connectivity index (χ3v) is 6.26. The predicted molar refractivity (Wildman–Crippen MR) is 136 cm³/mol. The summed E-state index contributed by atoms with van der Waals surface area (Å²) in [4.78, 5) is 28.0. The van der Waals surface area contributed by atoms with Crippen LogP contribution in [0.25, 0.3) is 5.76 Å². The smallest absolute Gasteiger partial charge is 0.295 e. The highest BCUT2D eigenvalue weighted by Crippen LogP contribution is 2.44. The standard InChI is InChI=1S/C28H25ClFNO6/c1-4-37-23-13-17(7-11-22(23)36-3)25-24(26(32)20-14-18(29)8-12-21(20)35-2)27(33)28(34)31(25)15-16-5-9-19(30)10-6-16/h5-14,25,32H,4,15H2,1-3H3/b26-24+. The summed E-state index contributed by atoms with van der Waals surface area (Å²) in [5.41, 5.74) is 1.14. The Balaban J connectivity index is 1.93. The molecule has 1 aliphatic heterocycles. The number of rotatable bonds is 8. The molecule has 0 saturated carbocycles. The predicted octanol–water partition coefficient (Wildman–Crippen LogP) is 5.52. The Kier molecular flexibility index (Phi) is 7.69. The van der Waals surface area contributed by atoms with Crippen molar-refractivity contribution >= 4 is 29.1 Å². The van der Waals surface area contributed by atoms with Crippen LogP contribution in [-0.4, -0.2) is 42.5 Å². The summed E-state index contributed by atoms with van der Waals surface area (Å²) in [5.74, 6) is -1.39. The fraction of sp³-hybridized carbons (Fsp3) is 0.214. The van der Waals surface area contributed by atoms with Crippen molar-refractivity contribution in [1.29, 1.82) is 0 Å². The number of nitrogens with zero attached hydrogens (tertiary/aromatic N) is 1. The van der Waals surface area contributed by atoms with E-state index in [2.05, 4.69) is 0 Å². The molecule has 9 heteroatoms. The van der Waals surface area contributed by atoms with Crippen LogP contribution in [0.1, 0.15) is 29.7 Å². The first-order valence-corrected chi connectivity index (χ1v) is 11.8. The maximum atomic E-state index is 13.5. The molecule has 1 heterocycles. The number of methoxy groups -OCH3 is 2. The average Bonchev–Trinajstić information content (AvgIpc) is 3.14. The number of amides is 1. The Labute approximate surface area is 218 Å². The largest absolute Gasteiger partial charge is 0.507 e. The van der Waals surface area contributed by atoms with Gasteiger partial charge in [0.2, 0.25) is 0 Å². The molecule has 1 N–H and O–H groups in total. The second-order valence-corrected chi connectivity index (χ2v) is 8.68. The van der Waals surface area contributed by atoms with E-state index in [9.17, 15) is 19.1 Å². The normalized spacial score (nSPS) is 16.7. The number of carbonyl (C=O) groups is 2. The first-order chi connectivity index (χ1) is 17.8. The molecule has 1 fully saturated rings. The van der Waals surface area contributed by atoms with Gasteiger partial charge in [-0.2, -0.15) is 0 Å². The van der Waals surface area contributed by atoms with Crippen LogP contribution in [0.2, 0.25) is 5.02 Å². The first kappa shape index (κ1) is 26.0. The molecular formula is C28H25ClFNO6. The molecular weight excluding hydrogens is 501 g/mol. The van der Waals surface area contributed by atoms with E-state index < -0.39 is 29.3 Å². The van der Waals surface area contributed by atoms with Crippen LogP contribution in [0.5, 0.6) is 17.2 Å². The maximum Gasteiger partial charge on any atom is 0.295 e. The van der Waals surface area contributed by atoms with Crippen molar-refractivity contribution in [3.8, 4) is 17.2 Å². The lowest BCUT2D eigenvalue weighted by Gasteiger charge is -2.26. The van der Waals surface area contributed by atoms with Gasteiger partial charge in [-0.15, -0.1) is 0 Å². The zero-order chi connectivity index (χ0) is 26.7. The van der Waals surface area contributed by atoms with Gasteiger partial charge in [0, 0.05) is 11.6 Å². The monoisotopic (exact) mass is 525 g/mol. The van der Waals surface area contributed by atoms with Gasteiger partial charge in [-0.3, -0.25) is 9.59 Å². The van der Waals surface area contributed by atoms with Gasteiger partial charge in [0.25, 0.3) is 11.7 Å². The number of likely N-dealkylation sites (tertiary alicyclic amines) is 1. The van der Waals surface area contributed by atoms with E-state index in [0.717, 1.165) is 0 Å². The number of ketones is 1. The third kappa shape index (κ3) is 5.11. The molecule has 7 nitrogen and oxygen atoms in total. The molecule has 3 aromatic rings. The quantitative estimate of drug-likeness (QED) is 0.237. The van der Waals surface area contributed by atoms with Crippen molar-refractivity contribution in [1.82, 2.24) is 4.90 Å². The minimum absolute atomic E-state index is 0.00498. The summed E-state index contributed by atoms with van der Waals surface area (Å²) in [5, 5.41) is 11.7. The zero-order valence-corrected chi connectivity index (χ0v) is 21.2. The first-order valence-electron chi connectivity index (χ1n) is 11.5. The molecule has 192 valence electrons. The molecule has 1 unspecified atom stereocenters. The van der Waals surface area contributed by atoms with Crippen molar-refractivity contribution < 1.29 is 33.3 Å². The van der Waals surface area contributed by atoms with Crippen LogP contribution in [0.15, 0.2) is 66.2 Å². The molecule has 0 bridgehead atoms. The lowest BCUT2D eigenvalue weighted by molar-refractivity contribution is -0.140. The van der Waals surface area contributed by atoms with E-state index in [1.54, 1.807) is 30.3 Å². The van der Waals surface area contributed by atoms with E-state index in [1.165, 1.54) is 49.5 Å². The van der Waals surface area contributed by atoms with Crippen molar-refractivity contribution in [2.24, 2.45) is 0 Å². The molecule has 3 aromatic carbocycles. The van der Waals surface area contributed by atoms with Gasteiger partial charge in [-0.25, -0.2) is 4.39 Å². The van der Waals surface area contributed by atoms with Crippen molar-refractivity contribution in [2.45, 2.75) is 19.5 Å². The Morgan fingerprint density at radius 1 is 0.973 bits per heavy atom. The van der Waals surface area contributed by atoms with Crippen LogP contribution in [0, 0.1) is 5.82 Å². The van der Waals surface area contributed by atoms with Crippen molar-refractivity contribution in [3.63, 3.8) is 0 Å². The number of hydrogen-bond donors (Lipinski definition) is 1. The van der Waals surface area contributed by atoms with Crippen LogP contribution < -0.4 is 14.2 Å². The number of Topliss-reactive ketones (excluding diaryl/α,β-unsaturated/α-hetero) is 1. The Morgan fingerprint density at radius 3 is 2.30 bits per heavy atom. The Morgan fingerprint density at radius 2 is 1.65 bits per heavy atom. The second kappa shape index (κ2) is 10.9. The maximum absolute atomic E-state index is 13.5. The van der Waals surface area contributed by atoms with Gasteiger partial charge in [0.15, 0.2) is 11.5 Å². The van der Waals surface area contributed by atoms with E-state index in [4.69, 9.17) is 25.8 Å². The van der Waals surface area contributed by atoms with Crippen LogP contribution in [-0.2, 0) is 16.1 Å². The molecule has 0 aromatic heterocycles. The number of ether oxygens (including phenoxy) is 3. The SMILES string of the molecule is CCOc1cc(C2/C(=C(\O)c3cc(Cl)ccc3OC)C(=O)C(=O)N2Cc2ccc(F)cc2)ccc1OC. The lowest BCUT2D eigenvalue weighted by Crippen LogP contribution is -2.29. The highest BCUT2D eigenvalue weighted by Gasteiger charge is 2.46. The van der Waals surface area contributed by atoms with Gasteiger partial charge in [-0.05, 0) is 60.5 Å². The van der Waals surface area contributed by atoms with Gasteiger partial charge in [-0.1, -0.05) is 29.8 Å². The Bertz CT molecular complexity index is 1370. The van der Waals surface area contributed by atoms with Crippen LogP contribution in [0.3, 0.4) is 0 Å². The highest BCUT2D eigenvalue weighted by molar-refractivity contribution is 6.46. The minimum atomic E-state index is -0.987. The van der Waals surface area contributed by atoms with Crippen molar-refractivity contribution in [2.75, 3.05) is 20.8 Å². The topological polar surface area (TPSA) is 85.3 Å². The second-order valence-electron chi connectivity index (χ2n) is 8.24. The lowest BCUT2D eigenvalue weighted by atomic mass is 9.94. The summed E-state index contributed by atoms with van der Waals surface area (Å²) in [7, 11) is 2.92. The third-order valence-electron chi connectivity index (χ3n) is 6.03. The average molecular weight is 526 g/mol. The van der Waals surface area contributed by atoms with Gasteiger partial charge < -0.3 is 24.2 Å². The summed E-state index contributed by atoms with van der Waals surface area (Å²) in [6.07, 6.45) is 0. The number of aliphatic hydroxyl groups is 1. The van der Waals surface area contributed by atoms with Crippen LogP contribution >= 0.6 is 11.6 Å². The summed E-state index contributed by atoms with van der Waals surface area (Å²) >= 11 is 6.17. The van der Waals surface area contributed by atoms with Crippen LogP contribution in [0.4, 0.5) is 4.39 Å². The van der Waals surface area contributed by atoms with Crippen molar-refractivity contribution in [3.05, 3.63) is 93.8 Å². The molecule has 4 rings (SSSR count). The van der Waals surface area contributed by atoms with E-state index in [0.29, 0.717) is 34.3 Å². The number of aliphatic hydroxyl groups excluding tert-OH is 1. The molecule has 1 atom stereocenters. The Hall–Kier alpha value is -4.04. The number of benzene rings is 3. The molecule has 1 aliphatic rings. The minimum Gasteiger partial charge on any atom is -0.507 e. The molecule has 1 saturated heterocycles. The number of halogens is 2. The highest BCUT2D eigenvalue weighted by atomic mass is 35.5. The van der Waals surface area contributed by atoms with Gasteiger partial charge in [0.05, 0.1) is 38.0 Å². The molecule has 0 radical (unpaired) electrons. The van der Waals surface area contributed by atoms with Gasteiger partial charge >= 0.3 is 0 Å². The van der Waals surface area contributed by atoms with Gasteiger partial charge in [0.1, 0.15) is 17.3 Å². The summed E-state index contributed by atoms with van der Waals surface area (Å²) in [6.45, 7) is 2.17. The molecule has 37 heavy (non-hydrogen) atoms. The number of hydrogen-bond acceptors (Lipinski definition) is 6. The number of carbonyl (C=O) groups excluding carboxylic acids is 2. The molecule has 0 spiro atoms. The van der Waals surface area contributed by atoms with E-state index in [-0.39, 0.29) is 23.4 Å². The molecule has 1 amide bonds. The fourth-order valence-electron chi connectivity index (χ4n) is 4.32. The molecule has 0 aliphatic carbocycles.